The number of hydrogen-bond acceptors (Lipinski definition) is 5. The molecule has 0 aliphatic carbocycles. The van der Waals surface area contributed by atoms with E-state index in [0.29, 0.717) is 29.8 Å². The van der Waals surface area contributed by atoms with Crippen molar-refractivity contribution in [2.24, 2.45) is 0 Å². The molecule has 4 heterocycles. The molecule has 0 bridgehead atoms. The number of rotatable bonds is 4. The summed E-state index contributed by atoms with van der Waals surface area (Å²) in [7, 11) is 0. The zero-order chi connectivity index (χ0) is 21.8. The fourth-order valence-electron chi connectivity index (χ4n) is 4.09. The highest BCUT2D eigenvalue weighted by Gasteiger charge is 2.34. The second-order valence-electron chi connectivity index (χ2n) is 8.46. The van der Waals surface area contributed by atoms with E-state index in [0.717, 1.165) is 27.1 Å². The highest BCUT2D eigenvalue weighted by atomic mass is 35.5. The number of benzene rings is 1. The number of thiophene rings is 1. The SMILES string of the molecule is CC1(C)Cc2c(sc3c2c(N)n(Cc2ccco2)c(=O)[n+]3Cc2ccc(Cl)cc2)CO1. The molecule has 1 aliphatic rings. The normalized spacial score (nSPS) is 15.3. The maximum absolute atomic E-state index is 13.6. The molecule has 2 N–H and O–H groups in total. The van der Waals surface area contributed by atoms with Gasteiger partial charge in [0.05, 0.1) is 18.5 Å². The Bertz CT molecular complexity index is 1320. The van der Waals surface area contributed by atoms with Gasteiger partial charge in [-0.25, -0.2) is 0 Å². The lowest BCUT2D eigenvalue weighted by Crippen LogP contribution is -2.55. The first kappa shape index (κ1) is 20.3. The van der Waals surface area contributed by atoms with Crippen LogP contribution < -0.4 is 16.0 Å². The third-order valence-corrected chi connectivity index (χ3v) is 7.15. The number of aromatic nitrogens is 2. The number of halogens is 1. The first-order valence-corrected chi connectivity index (χ1v) is 11.3. The van der Waals surface area contributed by atoms with E-state index in [2.05, 4.69) is 13.8 Å². The second kappa shape index (κ2) is 7.51. The van der Waals surface area contributed by atoms with E-state index in [1.807, 2.05) is 36.4 Å². The van der Waals surface area contributed by atoms with Crippen LogP contribution in [0.5, 0.6) is 0 Å². The van der Waals surface area contributed by atoms with Gasteiger partial charge in [0.25, 0.3) is 0 Å². The van der Waals surface area contributed by atoms with Crippen LogP contribution in [0.1, 0.15) is 35.6 Å². The van der Waals surface area contributed by atoms with E-state index in [4.69, 9.17) is 26.5 Å². The highest BCUT2D eigenvalue weighted by Crippen LogP contribution is 2.39. The summed E-state index contributed by atoms with van der Waals surface area (Å²) in [6.45, 7) is 5.38. The number of anilines is 1. The van der Waals surface area contributed by atoms with Gasteiger partial charge in [-0.3, -0.25) is 0 Å². The van der Waals surface area contributed by atoms with Crippen LogP contribution in [0, 0.1) is 0 Å². The number of hydrogen-bond donors (Lipinski definition) is 1. The average molecular weight is 457 g/mol. The molecular formula is C23H23ClN3O3S+. The monoisotopic (exact) mass is 456 g/mol. The fraction of sp³-hybridized carbons (Fsp3) is 0.304. The summed E-state index contributed by atoms with van der Waals surface area (Å²) >= 11 is 7.64. The minimum absolute atomic E-state index is 0.171. The summed E-state index contributed by atoms with van der Waals surface area (Å²) in [5.74, 6) is 1.15. The number of nitrogen functional groups attached to an aromatic ring is 1. The van der Waals surface area contributed by atoms with Crippen molar-refractivity contribution in [3.05, 3.63) is 79.9 Å². The Morgan fingerprint density at radius 3 is 2.74 bits per heavy atom. The van der Waals surface area contributed by atoms with E-state index in [1.165, 1.54) is 5.56 Å². The van der Waals surface area contributed by atoms with E-state index in [-0.39, 0.29) is 17.8 Å². The summed E-state index contributed by atoms with van der Waals surface area (Å²) in [4.78, 5) is 15.6. The van der Waals surface area contributed by atoms with Gasteiger partial charge < -0.3 is 14.9 Å². The molecule has 0 spiro atoms. The molecule has 3 aromatic heterocycles. The zero-order valence-electron chi connectivity index (χ0n) is 17.4. The Morgan fingerprint density at radius 2 is 2.03 bits per heavy atom. The molecule has 0 fully saturated rings. The molecule has 0 radical (unpaired) electrons. The van der Waals surface area contributed by atoms with Gasteiger partial charge in [-0.05, 0) is 49.2 Å². The third-order valence-electron chi connectivity index (χ3n) is 5.67. The van der Waals surface area contributed by atoms with E-state index >= 15 is 0 Å². The summed E-state index contributed by atoms with van der Waals surface area (Å²) in [5.41, 5.74) is 8.34. The van der Waals surface area contributed by atoms with Gasteiger partial charge in [0, 0.05) is 16.3 Å². The van der Waals surface area contributed by atoms with Gasteiger partial charge in [-0.15, -0.1) is 0 Å². The zero-order valence-corrected chi connectivity index (χ0v) is 18.9. The van der Waals surface area contributed by atoms with Crippen molar-refractivity contribution >= 4 is 39.0 Å². The van der Waals surface area contributed by atoms with E-state index in [9.17, 15) is 4.79 Å². The lowest BCUT2D eigenvalue weighted by molar-refractivity contribution is -0.679. The molecule has 160 valence electrons. The highest BCUT2D eigenvalue weighted by molar-refractivity contribution is 7.18. The molecule has 4 aromatic rings. The molecule has 0 unspecified atom stereocenters. The van der Waals surface area contributed by atoms with Gasteiger partial charge in [0.1, 0.15) is 17.7 Å². The third kappa shape index (κ3) is 3.67. The molecule has 31 heavy (non-hydrogen) atoms. The molecule has 0 atom stereocenters. The van der Waals surface area contributed by atoms with Gasteiger partial charge >= 0.3 is 5.69 Å². The molecule has 6 nitrogen and oxygen atoms in total. The second-order valence-corrected chi connectivity index (χ2v) is 9.98. The van der Waals surface area contributed by atoms with E-state index < -0.39 is 0 Å². The van der Waals surface area contributed by atoms with Gasteiger partial charge in [-0.1, -0.05) is 35.1 Å². The molecule has 0 saturated heterocycles. The van der Waals surface area contributed by atoms with Crippen LogP contribution in [0.2, 0.25) is 5.02 Å². The van der Waals surface area contributed by atoms with Crippen molar-refractivity contribution in [3.8, 4) is 0 Å². The molecule has 8 heteroatoms. The number of nitrogens with two attached hydrogens (primary N) is 1. The smallest absolute Gasteiger partial charge is 0.465 e. The van der Waals surface area contributed by atoms with Crippen LogP contribution in [0.3, 0.4) is 0 Å². The summed E-state index contributed by atoms with van der Waals surface area (Å²) in [6, 6.07) is 11.2. The number of nitrogens with zero attached hydrogens (tertiary/aromatic N) is 2. The van der Waals surface area contributed by atoms with E-state index in [1.54, 1.807) is 26.7 Å². The van der Waals surface area contributed by atoms with Crippen molar-refractivity contribution < 1.29 is 13.7 Å². The van der Waals surface area contributed by atoms with Crippen LogP contribution in [-0.4, -0.2) is 10.2 Å². The maximum Gasteiger partial charge on any atom is 0.501 e. The van der Waals surface area contributed by atoms with Crippen molar-refractivity contribution in [2.45, 2.75) is 45.6 Å². The topological polar surface area (TPSA) is 74.3 Å². The summed E-state index contributed by atoms with van der Waals surface area (Å²) in [6.07, 6.45) is 2.34. The van der Waals surface area contributed by atoms with Crippen LogP contribution in [0.25, 0.3) is 10.2 Å². The Labute approximate surface area is 188 Å². The van der Waals surface area contributed by atoms with Crippen LogP contribution in [0.15, 0.2) is 51.9 Å². The molecular weight excluding hydrogens is 434 g/mol. The lowest BCUT2D eigenvalue weighted by atomic mass is 9.94. The predicted molar refractivity (Wildman–Crippen MR) is 122 cm³/mol. The van der Waals surface area contributed by atoms with Crippen LogP contribution in [-0.2, 0) is 30.9 Å². The molecule has 5 rings (SSSR count). The maximum atomic E-state index is 13.6. The Hall–Kier alpha value is -2.61. The Kier molecular flexibility index (Phi) is 4.92. The number of ether oxygens (including phenoxy) is 1. The van der Waals surface area contributed by atoms with Gasteiger partial charge in [-0.2, -0.15) is 13.9 Å². The minimum Gasteiger partial charge on any atom is -0.465 e. The summed E-state index contributed by atoms with van der Waals surface area (Å²) < 4.78 is 14.9. The largest absolute Gasteiger partial charge is 0.501 e. The van der Waals surface area contributed by atoms with Crippen molar-refractivity contribution in [3.63, 3.8) is 0 Å². The molecule has 0 amide bonds. The predicted octanol–water partition coefficient (Wildman–Crippen LogP) is 4.13. The van der Waals surface area contributed by atoms with Crippen LogP contribution >= 0.6 is 22.9 Å². The number of furan rings is 1. The molecule has 1 aromatic carbocycles. The minimum atomic E-state index is -0.281. The van der Waals surface area contributed by atoms with Crippen molar-refractivity contribution in [2.75, 3.05) is 5.73 Å². The lowest BCUT2D eigenvalue weighted by Gasteiger charge is -2.29. The van der Waals surface area contributed by atoms with Crippen LogP contribution in [0.4, 0.5) is 5.82 Å². The Morgan fingerprint density at radius 1 is 1.26 bits per heavy atom. The van der Waals surface area contributed by atoms with Gasteiger partial charge in [0.15, 0.2) is 11.4 Å². The molecule has 1 aliphatic heterocycles. The van der Waals surface area contributed by atoms with Crippen molar-refractivity contribution in [1.82, 2.24) is 4.57 Å². The average Bonchev–Trinajstić information content (AvgIpc) is 3.36. The van der Waals surface area contributed by atoms with Crippen molar-refractivity contribution in [1.29, 1.82) is 0 Å². The first-order chi connectivity index (χ1) is 14.8. The molecule has 0 saturated carbocycles. The Balaban J connectivity index is 1.74. The summed E-state index contributed by atoms with van der Waals surface area (Å²) in [5, 5.41) is 1.61. The fourth-order valence-corrected chi connectivity index (χ4v) is 5.44. The van der Waals surface area contributed by atoms with Gasteiger partial charge in [0.2, 0.25) is 5.82 Å². The first-order valence-electron chi connectivity index (χ1n) is 10.1. The number of fused-ring (bicyclic) bond motifs is 3. The standard InChI is InChI=1S/C23H22ClN3O3S/c1-23(2)10-17-18(13-30-23)31-21-19(17)20(25)26(12-16-4-3-9-29-16)22(28)27(21)11-14-5-7-15(24)8-6-14/h3-9,25H,10-13H2,1-2H3/p+1. The quantitative estimate of drug-likeness (QED) is 0.468.